The molecule has 1 aromatic heterocycles. The van der Waals surface area contributed by atoms with Crippen molar-refractivity contribution >= 4 is 17.2 Å². The van der Waals surface area contributed by atoms with Gasteiger partial charge < -0.3 is 10.6 Å². The second-order valence-electron chi connectivity index (χ2n) is 5.12. The molecule has 1 amide bonds. The molecule has 2 N–H and O–H groups in total. The van der Waals surface area contributed by atoms with Gasteiger partial charge in [-0.3, -0.25) is 4.79 Å². The summed E-state index contributed by atoms with van der Waals surface area (Å²) in [6, 6.07) is 4.37. The molecule has 2 rings (SSSR count). The first-order valence-corrected chi connectivity index (χ1v) is 7.62. The first-order valence-electron chi connectivity index (χ1n) is 6.74. The van der Waals surface area contributed by atoms with E-state index in [1.54, 1.807) is 11.3 Å². The molecular formula is C14H22N2OS. The van der Waals surface area contributed by atoms with E-state index in [0.717, 1.165) is 32.2 Å². The third-order valence-electron chi connectivity index (χ3n) is 3.75. The summed E-state index contributed by atoms with van der Waals surface area (Å²) >= 11 is 1.75. The van der Waals surface area contributed by atoms with Crippen molar-refractivity contribution in [2.45, 2.75) is 51.1 Å². The van der Waals surface area contributed by atoms with Crippen molar-refractivity contribution in [1.29, 1.82) is 0 Å². The van der Waals surface area contributed by atoms with E-state index in [0.29, 0.717) is 0 Å². The molecule has 2 heterocycles. The topological polar surface area (TPSA) is 41.1 Å². The van der Waals surface area contributed by atoms with Gasteiger partial charge in [-0.25, -0.2) is 0 Å². The predicted octanol–water partition coefficient (Wildman–Crippen LogP) is 2.33. The molecule has 0 aromatic carbocycles. The molecule has 0 spiro atoms. The molecule has 1 aromatic rings. The Labute approximate surface area is 113 Å². The molecule has 100 valence electrons. The van der Waals surface area contributed by atoms with Crippen LogP contribution in [0, 0.1) is 0 Å². The van der Waals surface area contributed by atoms with E-state index < -0.39 is 0 Å². The summed E-state index contributed by atoms with van der Waals surface area (Å²) in [5, 5.41) is 8.61. The maximum absolute atomic E-state index is 12.4. The highest BCUT2D eigenvalue weighted by Gasteiger charge is 2.39. The molecule has 1 fully saturated rings. The Bertz CT molecular complexity index is 383. The van der Waals surface area contributed by atoms with Crippen molar-refractivity contribution in [1.82, 2.24) is 10.6 Å². The maximum atomic E-state index is 12.4. The van der Waals surface area contributed by atoms with Crippen molar-refractivity contribution in [3.63, 3.8) is 0 Å². The molecule has 0 radical (unpaired) electrons. The predicted molar refractivity (Wildman–Crippen MR) is 75.9 cm³/mol. The zero-order valence-corrected chi connectivity index (χ0v) is 12.0. The molecule has 18 heavy (non-hydrogen) atoms. The molecule has 0 aliphatic carbocycles. The average molecular weight is 266 g/mol. The molecule has 1 saturated heterocycles. The summed E-state index contributed by atoms with van der Waals surface area (Å²) in [6.45, 7) is 5.12. The van der Waals surface area contributed by atoms with E-state index in [4.69, 9.17) is 0 Å². The SMILES string of the molecule is CCC1(C(=O)NC(C)Cc2cccs2)CCCN1. The van der Waals surface area contributed by atoms with Gasteiger partial charge in [0.25, 0.3) is 0 Å². The monoisotopic (exact) mass is 266 g/mol. The Kier molecular flexibility index (Phi) is 4.40. The van der Waals surface area contributed by atoms with Gasteiger partial charge in [0.2, 0.25) is 5.91 Å². The standard InChI is InChI=1S/C14H22N2OS/c1-3-14(7-5-8-15-14)13(17)16-11(2)10-12-6-4-9-18-12/h4,6,9,11,15H,3,5,7-8,10H2,1-2H3,(H,16,17). The van der Waals surface area contributed by atoms with Gasteiger partial charge in [-0.15, -0.1) is 11.3 Å². The molecule has 0 saturated carbocycles. The lowest BCUT2D eigenvalue weighted by Gasteiger charge is -2.28. The van der Waals surface area contributed by atoms with Crippen LogP contribution >= 0.6 is 11.3 Å². The number of nitrogens with one attached hydrogen (secondary N) is 2. The van der Waals surface area contributed by atoms with Gasteiger partial charge in [-0.2, -0.15) is 0 Å². The second kappa shape index (κ2) is 5.85. The van der Waals surface area contributed by atoms with Crippen LogP contribution in [0.25, 0.3) is 0 Å². The number of carbonyl (C=O) groups excluding carboxylic acids is 1. The smallest absolute Gasteiger partial charge is 0.240 e. The van der Waals surface area contributed by atoms with Crippen LogP contribution in [0.2, 0.25) is 0 Å². The maximum Gasteiger partial charge on any atom is 0.240 e. The molecule has 1 aliphatic rings. The summed E-state index contributed by atoms with van der Waals surface area (Å²) in [5.74, 6) is 0.173. The molecular weight excluding hydrogens is 244 g/mol. The first-order chi connectivity index (χ1) is 8.66. The number of hydrogen-bond donors (Lipinski definition) is 2. The van der Waals surface area contributed by atoms with Crippen LogP contribution in [0.3, 0.4) is 0 Å². The average Bonchev–Trinajstić information content (AvgIpc) is 2.99. The third kappa shape index (κ3) is 2.93. The summed E-state index contributed by atoms with van der Waals surface area (Å²) in [7, 11) is 0. The summed E-state index contributed by atoms with van der Waals surface area (Å²) in [5.41, 5.74) is -0.316. The van der Waals surface area contributed by atoms with Crippen LogP contribution in [0.4, 0.5) is 0 Å². The van der Waals surface area contributed by atoms with Crippen LogP contribution in [0.1, 0.15) is 38.0 Å². The lowest BCUT2D eigenvalue weighted by molar-refractivity contribution is -0.127. The van der Waals surface area contributed by atoms with E-state index in [1.165, 1.54) is 4.88 Å². The fourth-order valence-electron chi connectivity index (χ4n) is 2.61. The van der Waals surface area contributed by atoms with Crippen LogP contribution in [-0.2, 0) is 11.2 Å². The molecule has 1 aliphatic heterocycles. The Morgan fingerprint density at radius 1 is 1.67 bits per heavy atom. The minimum absolute atomic E-state index is 0.173. The summed E-state index contributed by atoms with van der Waals surface area (Å²) in [4.78, 5) is 13.7. The minimum atomic E-state index is -0.316. The van der Waals surface area contributed by atoms with Crippen LogP contribution in [0.5, 0.6) is 0 Å². The number of thiophene rings is 1. The lowest BCUT2D eigenvalue weighted by atomic mass is 9.92. The Balaban J connectivity index is 1.90. The van der Waals surface area contributed by atoms with Crippen LogP contribution < -0.4 is 10.6 Å². The molecule has 2 atom stereocenters. The van der Waals surface area contributed by atoms with Gasteiger partial charge in [0.05, 0.1) is 5.54 Å². The Hall–Kier alpha value is -0.870. The number of rotatable bonds is 5. The minimum Gasteiger partial charge on any atom is -0.352 e. The lowest BCUT2D eigenvalue weighted by Crippen LogP contribution is -2.55. The highest BCUT2D eigenvalue weighted by Crippen LogP contribution is 2.23. The number of hydrogen-bond acceptors (Lipinski definition) is 3. The van der Waals surface area contributed by atoms with Gasteiger partial charge in [0, 0.05) is 17.3 Å². The Morgan fingerprint density at radius 3 is 3.06 bits per heavy atom. The van der Waals surface area contributed by atoms with E-state index >= 15 is 0 Å². The van der Waals surface area contributed by atoms with E-state index in [2.05, 4.69) is 42.0 Å². The highest BCUT2D eigenvalue weighted by molar-refractivity contribution is 7.09. The van der Waals surface area contributed by atoms with Gasteiger partial charge in [-0.1, -0.05) is 13.0 Å². The van der Waals surface area contributed by atoms with Crippen molar-refractivity contribution in [2.24, 2.45) is 0 Å². The van der Waals surface area contributed by atoms with Gasteiger partial charge in [-0.05, 0) is 44.2 Å². The number of amides is 1. The van der Waals surface area contributed by atoms with Crippen molar-refractivity contribution in [2.75, 3.05) is 6.54 Å². The first kappa shape index (κ1) is 13.6. The fraction of sp³-hybridized carbons (Fsp3) is 0.643. The highest BCUT2D eigenvalue weighted by atomic mass is 32.1. The summed E-state index contributed by atoms with van der Waals surface area (Å²) in [6.07, 6.45) is 3.84. The van der Waals surface area contributed by atoms with Gasteiger partial charge in [0.15, 0.2) is 0 Å². The molecule has 3 nitrogen and oxygen atoms in total. The molecule has 2 unspecified atom stereocenters. The quantitative estimate of drug-likeness (QED) is 0.859. The number of carbonyl (C=O) groups is 1. The van der Waals surface area contributed by atoms with Crippen molar-refractivity contribution in [3.05, 3.63) is 22.4 Å². The Morgan fingerprint density at radius 2 is 2.50 bits per heavy atom. The van der Waals surface area contributed by atoms with Crippen LogP contribution in [0.15, 0.2) is 17.5 Å². The largest absolute Gasteiger partial charge is 0.352 e. The van der Waals surface area contributed by atoms with Crippen molar-refractivity contribution < 1.29 is 4.79 Å². The normalized spacial score (nSPS) is 25.0. The van der Waals surface area contributed by atoms with Gasteiger partial charge >= 0.3 is 0 Å². The van der Waals surface area contributed by atoms with Gasteiger partial charge in [0.1, 0.15) is 0 Å². The van der Waals surface area contributed by atoms with Crippen molar-refractivity contribution in [3.8, 4) is 0 Å². The molecule has 4 heteroatoms. The molecule has 0 bridgehead atoms. The summed E-state index contributed by atoms with van der Waals surface area (Å²) < 4.78 is 0. The second-order valence-corrected chi connectivity index (χ2v) is 6.16. The van der Waals surface area contributed by atoms with Crippen LogP contribution in [-0.4, -0.2) is 24.0 Å². The van der Waals surface area contributed by atoms with E-state index in [9.17, 15) is 4.79 Å². The van der Waals surface area contributed by atoms with E-state index in [-0.39, 0.29) is 17.5 Å². The zero-order chi connectivity index (χ0) is 13.0. The third-order valence-corrected chi connectivity index (χ3v) is 4.65. The van der Waals surface area contributed by atoms with E-state index in [1.807, 2.05) is 0 Å². The fourth-order valence-corrected chi connectivity index (χ4v) is 3.44. The zero-order valence-electron chi connectivity index (χ0n) is 11.2.